The molecule has 3 aromatic rings. The van der Waals surface area contributed by atoms with Crippen molar-refractivity contribution in [3.8, 4) is 11.1 Å². The molecule has 2 aromatic carbocycles. The van der Waals surface area contributed by atoms with Crippen LogP contribution in [0.25, 0.3) is 11.1 Å². The van der Waals surface area contributed by atoms with Crippen LogP contribution < -0.4 is 5.32 Å². The van der Waals surface area contributed by atoms with Crippen molar-refractivity contribution in [1.29, 1.82) is 0 Å². The van der Waals surface area contributed by atoms with Crippen LogP contribution in [0.3, 0.4) is 0 Å². The number of carbonyl (C=O) groups is 2. The number of hydrogen-bond acceptors (Lipinski definition) is 6. The van der Waals surface area contributed by atoms with Crippen molar-refractivity contribution in [2.24, 2.45) is 0 Å². The molecule has 2 heterocycles. The molecule has 0 bridgehead atoms. The zero-order chi connectivity index (χ0) is 24.3. The summed E-state index contributed by atoms with van der Waals surface area (Å²) in [5.41, 5.74) is 1.78. The van der Waals surface area contributed by atoms with Gasteiger partial charge < -0.3 is 10.1 Å². The Hall–Kier alpha value is -2.72. The second-order valence-electron chi connectivity index (χ2n) is 7.67. The molecule has 10 heteroatoms. The summed E-state index contributed by atoms with van der Waals surface area (Å²) in [6, 6.07) is 12.9. The second-order valence-corrected chi connectivity index (χ2v) is 10.9. The third-order valence-electron chi connectivity index (χ3n) is 5.45. The summed E-state index contributed by atoms with van der Waals surface area (Å²) in [5, 5.41) is 5.41. The maximum Gasteiger partial charge on any atom is 0.341 e. The smallest absolute Gasteiger partial charge is 0.341 e. The van der Waals surface area contributed by atoms with Gasteiger partial charge in [-0.25, -0.2) is 13.2 Å². The number of amides is 1. The van der Waals surface area contributed by atoms with Crippen molar-refractivity contribution in [1.82, 2.24) is 4.31 Å². The highest BCUT2D eigenvalue weighted by molar-refractivity contribution is 7.89. The molecule has 0 saturated carbocycles. The number of benzene rings is 2. The van der Waals surface area contributed by atoms with E-state index in [1.807, 2.05) is 0 Å². The lowest BCUT2D eigenvalue weighted by Gasteiger charge is -2.16. The van der Waals surface area contributed by atoms with E-state index in [9.17, 15) is 18.0 Å². The molecule has 0 unspecified atom stereocenters. The number of anilines is 1. The van der Waals surface area contributed by atoms with Crippen molar-refractivity contribution in [2.75, 3.05) is 25.0 Å². The Morgan fingerprint density at radius 3 is 2.50 bits per heavy atom. The van der Waals surface area contributed by atoms with Crippen LogP contribution in [-0.2, 0) is 14.8 Å². The fourth-order valence-electron chi connectivity index (χ4n) is 3.75. The Balaban J connectivity index is 1.64. The van der Waals surface area contributed by atoms with Gasteiger partial charge in [-0.15, -0.1) is 11.3 Å². The van der Waals surface area contributed by atoms with Gasteiger partial charge in [-0.2, -0.15) is 4.31 Å². The highest BCUT2D eigenvalue weighted by Gasteiger charge is 2.28. The Kier molecular flexibility index (Phi) is 7.37. The molecule has 1 fully saturated rings. The molecule has 0 atom stereocenters. The molecule has 1 aromatic heterocycles. The number of sulfonamides is 1. The van der Waals surface area contributed by atoms with E-state index < -0.39 is 21.9 Å². The van der Waals surface area contributed by atoms with Gasteiger partial charge >= 0.3 is 5.97 Å². The fraction of sp³-hybridized carbons (Fsp3) is 0.250. The number of hydrogen-bond donors (Lipinski definition) is 1. The quantitative estimate of drug-likeness (QED) is 0.429. The molecule has 7 nitrogen and oxygen atoms in total. The summed E-state index contributed by atoms with van der Waals surface area (Å²) < 4.78 is 32.4. The number of esters is 1. The van der Waals surface area contributed by atoms with Crippen LogP contribution in [0, 0.1) is 0 Å². The topological polar surface area (TPSA) is 92.8 Å². The van der Waals surface area contributed by atoms with Crippen LogP contribution in [-0.4, -0.2) is 44.3 Å². The second kappa shape index (κ2) is 10.3. The lowest BCUT2D eigenvalue weighted by molar-refractivity contribution is 0.0529. The average molecular weight is 519 g/mol. The van der Waals surface area contributed by atoms with E-state index in [4.69, 9.17) is 16.3 Å². The number of thiophene rings is 1. The van der Waals surface area contributed by atoms with Gasteiger partial charge in [0.05, 0.1) is 11.5 Å². The highest BCUT2D eigenvalue weighted by atomic mass is 35.5. The summed E-state index contributed by atoms with van der Waals surface area (Å²) in [5.74, 6) is -1.08. The molecule has 178 valence electrons. The van der Waals surface area contributed by atoms with E-state index in [0.29, 0.717) is 28.7 Å². The van der Waals surface area contributed by atoms with Crippen molar-refractivity contribution in [3.05, 3.63) is 70.1 Å². The average Bonchev–Trinajstić information content (AvgIpc) is 3.51. The van der Waals surface area contributed by atoms with Crippen LogP contribution in [0.1, 0.15) is 40.5 Å². The molecule has 0 radical (unpaired) electrons. The number of halogens is 1. The zero-order valence-electron chi connectivity index (χ0n) is 18.4. The molecule has 1 aliphatic rings. The minimum absolute atomic E-state index is 0.0701. The molecular weight excluding hydrogens is 496 g/mol. The minimum atomic E-state index is -3.66. The predicted molar refractivity (Wildman–Crippen MR) is 133 cm³/mol. The SMILES string of the molecule is CCOC(=O)c1c(-c2ccc(Cl)cc2)csc1NC(=O)c1cccc(S(=O)(=O)N2CCCC2)c1. The normalized spacial score (nSPS) is 14.2. The number of nitrogens with zero attached hydrogens (tertiary/aromatic N) is 1. The summed E-state index contributed by atoms with van der Waals surface area (Å²) in [6.45, 7) is 2.84. The number of rotatable bonds is 7. The van der Waals surface area contributed by atoms with Gasteiger partial charge in [-0.3, -0.25) is 4.79 Å². The summed E-state index contributed by atoms with van der Waals surface area (Å²) in [7, 11) is -3.66. The molecule has 0 aliphatic carbocycles. The Labute approximate surface area is 207 Å². The Morgan fingerprint density at radius 1 is 1.12 bits per heavy atom. The van der Waals surface area contributed by atoms with E-state index in [1.54, 1.807) is 36.6 Å². The summed E-state index contributed by atoms with van der Waals surface area (Å²) in [6.07, 6.45) is 1.65. The third kappa shape index (κ3) is 5.02. The molecule has 1 N–H and O–H groups in total. The Morgan fingerprint density at radius 2 is 1.82 bits per heavy atom. The lowest BCUT2D eigenvalue weighted by atomic mass is 10.0. The van der Waals surface area contributed by atoms with E-state index in [0.717, 1.165) is 18.4 Å². The van der Waals surface area contributed by atoms with E-state index in [2.05, 4.69) is 5.32 Å². The first-order valence-corrected chi connectivity index (χ1v) is 13.5. The third-order valence-corrected chi connectivity index (χ3v) is 8.49. The zero-order valence-corrected chi connectivity index (χ0v) is 20.8. The van der Waals surface area contributed by atoms with Gasteiger partial charge in [0, 0.05) is 34.6 Å². The van der Waals surface area contributed by atoms with Gasteiger partial charge in [-0.1, -0.05) is 29.8 Å². The van der Waals surface area contributed by atoms with Crippen molar-refractivity contribution in [2.45, 2.75) is 24.7 Å². The lowest BCUT2D eigenvalue weighted by Crippen LogP contribution is -2.28. The van der Waals surface area contributed by atoms with Gasteiger partial charge in [-0.05, 0) is 55.7 Å². The van der Waals surface area contributed by atoms with Crippen molar-refractivity contribution in [3.63, 3.8) is 0 Å². The van der Waals surface area contributed by atoms with Gasteiger partial charge in [0.25, 0.3) is 5.91 Å². The molecule has 0 spiro atoms. The van der Waals surface area contributed by atoms with E-state index in [-0.39, 0.29) is 22.6 Å². The predicted octanol–water partition coefficient (Wildman–Crippen LogP) is 5.28. The largest absolute Gasteiger partial charge is 0.462 e. The minimum Gasteiger partial charge on any atom is -0.462 e. The standard InChI is InChI=1S/C24H23ClN2O5S2/c1-2-32-24(29)21-20(16-8-10-18(25)11-9-16)15-33-23(21)26-22(28)17-6-5-7-19(14-17)34(30,31)27-12-3-4-13-27/h5-11,14-15H,2-4,12-13H2,1H3,(H,26,28). The van der Waals surface area contributed by atoms with Gasteiger partial charge in [0.1, 0.15) is 10.6 Å². The van der Waals surface area contributed by atoms with Crippen LogP contribution >= 0.6 is 22.9 Å². The van der Waals surface area contributed by atoms with Gasteiger partial charge in [0.2, 0.25) is 10.0 Å². The molecule has 4 rings (SSSR count). The first-order valence-electron chi connectivity index (χ1n) is 10.8. The molecular formula is C24H23ClN2O5S2. The first-order chi connectivity index (χ1) is 16.3. The number of nitrogens with one attached hydrogen (secondary N) is 1. The number of carbonyl (C=O) groups excluding carboxylic acids is 2. The number of ether oxygens (including phenoxy) is 1. The van der Waals surface area contributed by atoms with Gasteiger partial charge in [0.15, 0.2) is 0 Å². The molecule has 1 saturated heterocycles. The van der Waals surface area contributed by atoms with Crippen LogP contribution in [0.2, 0.25) is 5.02 Å². The van der Waals surface area contributed by atoms with Crippen LogP contribution in [0.4, 0.5) is 5.00 Å². The fourth-order valence-corrected chi connectivity index (χ4v) is 6.39. The van der Waals surface area contributed by atoms with Crippen molar-refractivity contribution < 1.29 is 22.7 Å². The monoisotopic (exact) mass is 518 g/mol. The summed E-state index contributed by atoms with van der Waals surface area (Å²) >= 11 is 7.18. The van der Waals surface area contributed by atoms with Crippen LogP contribution in [0.15, 0.2) is 58.8 Å². The highest BCUT2D eigenvalue weighted by Crippen LogP contribution is 2.37. The maximum absolute atomic E-state index is 13.1. The van der Waals surface area contributed by atoms with E-state index in [1.165, 1.54) is 39.9 Å². The molecule has 1 aliphatic heterocycles. The summed E-state index contributed by atoms with van der Waals surface area (Å²) in [4.78, 5) is 25.9. The van der Waals surface area contributed by atoms with Crippen molar-refractivity contribution >= 4 is 49.8 Å². The maximum atomic E-state index is 13.1. The molecule has 34 heavy (non-hydrogen) atoms. The molecule has 1 amide bonds. The van der Waals surface area contributed by atoms with E-state index >= 15 is 0 Å². The Bertz CT molecular complexity index is 1310. The van der Waals surface area contributed by atoms with Crippen LogP contribution in [0.5, 0.6) is 0 Å². The first kappa shape index (κ1) is 24.4.